The van der Waals surface area contributed by atoms with E-state index in [0.29, 0.717) is 81.0 Å². The van der Waals surface area contributed by atoms with E-state index in [9.17, 15) is 13.2 Å². The van der Waals surface area contributed by atoms with Gasteiger partial charge >= 0.3 is 0 Å². The lowest BCUT2D eigenvalue weighted by atomic mass is 10.2. The SMILES string of the molecule is COc1ccc(S(=O)(=O)N2CCN(CCC(=O)Nc3ccc4c(c3)OCCO4)CC2)cc1OC. The largest absolute Gasteiger partial charge is 0.493 e. The van der Waals surface area contributed by atoms with Gasteiger partial charge < -0.3 is 29.2 Å². The Hall–Kier alpha value is -3.02. The van der Waals surface area contributed by atoms with Crippen LogP contribution in [0.3, 0.4) is 0 Å². The minimum Gasteiger partial charge on any atom is -0.493 e. The number of hydrogen-bond acceptors (Lipinski definition) is 8. The van der Waals surface area contributed by atoms with Crippen molar-refractivity contribution in [2.45, 2.75) is 11.3 Å². The van der Waals surface area contributed by atoms with Crippen molar-refractivity contribution in [1.29, 1.82) is 0 Å². The molecule has 11 heteroatoms. The van der Waals surface area contributed by atoms with Crippen molar-refractivity contribution in [3.63, 3.8) is 0 Å². The Morgan fingerprint density at radius 3 is 2.35 bits per heavy atom. The van der Waals surface area contributed by atoms with E-state index < -0.39 is 10.0 Å². The number of piperazine rings is 1. The first-order valence-corrected chi connectivity index (χ1v) is 12.5. The van der Waals surface area contributed by atoms with E-state index in [0.717, 1.165) is 0 Å². The monoisotopic (exact) mass is 491 g/mol. The molecule has 1 fully saturated rings. The molecule has 34 heavy (non-hydrogen) atoms. The maximum Gasteiger partial charge on any atom is 0.243 e. The molecule has 1 saturated heterocycles. The maximum atomic E-state index is 13.1. The van der Waals surface area contributed by atoms with Gasteiger partial charge in [0.2, 0.25) is 15.9 Å². The number of ether oxygens (including phenoxy) is 4. The molecule has 0 saturated carbocycles. The van der Waals surface area contributed by atoms with Crippen LogP contribution >= 0.6 is 0 Å². The Bertz CT molecular complexity index is 1130. The summed E-state index contributed by atoms with van der Waals surface area (Å²) in [6, 6.07) is 9.89. The lowest BCUT2D eigenvalue weighted by Gasteiger charge is -2.33. The van der Waals surface area contributed by atoms with Gasteiger partial charge in [0.05, 0.1) is 19.1 Å². The minimum absolute atomic E-state index is 0.114. The summed E-state index contributed by atoms with van der Waals surface area (Å²) in [5, 5.41) is 2.88. The number of anilines is 1. The Kier molecular flexibility index (Phi) is 7.44. The van der Waals surface area contributed by atoms with Gasteiger partial charge in [-0.1, -0.05) is 0 Å². The van der Waals surface area contributed by atoms with Crippen LogP contribution in [0.5, 0.6) is 23.0 Å². The highest BCUT2D eigenvalue weighted by atomic mass is 32.2. The third kappa shape index (κ3) is 5.37. The molecule has 10 nitrogen and oxygen atoms in total. The smallest absolute Gasteiger partial charge is 0.243 e. The fraction of sp³-hybridized carbons (Fsp3) is 0.435. The molecule has 4 rings (SSSR count). The highest BCUT2D eigenvalue weighted by molar-refractivity contribution is 7.89. The number of methoxy groups -OCH3 is 2. The summed E-state index contributed by atoms with van der Waals surface area (Å²) < 4.78 is 49.0. The molecule has 2 heterocycles. The van der Waals surface area contributed by atoms with Crippen LogP contribution in [0.1, 0.15) is 6.42 Å². The Morgan fingerprint density at radius 2 is 1.65 bits per heavy atom. The van der Waals surface area contributed by atoms with Crippen molar-refractivity contribution in [3.05, 3.63) is 36.4 Å². The van der Waals surface area contributed by atoms with E-state index in [1.807, 2.05) is 0 Å². The third-order valence-electron chi connectivity index (χ3n) is 5.81. The van der Waals surface area contributed by atoms with Crippen molar-refractivity contribution < 1.29 is 32.2 Å². The van der Waals surface area contributed by atoms with Gasteiger partial charge in [0.15, 0.2) is 23.0 Å². The summed E-state index contributed by atoms with van der Waals surface area (Å²) >= 11 is 0. The van der Waals surface area contributed by atoms with E-state index in [-0.39, 0.29) is 10.8 Å². The average molecular weight is 492 g/mol. The Labute approximate surface area is 199 Å². The molecule has 0 bridgehead atoms. The molecule has 2 aromatic rings. The van der Waals surface area contributed by atoms with Gasteiger partial charge in [-0.25, -0.2) is 8.42 Å². The standard InChI is InChI=1S/C23H29N3O7S/c1-30-19-6-4-18(16-21(19)31-2)34(28,29)26-11-9-25(10-12-26)8-7-23(27)24-17-3-5-20-22(15-17)33-14-13-32-20/h3-6,15-16H,7-14H2,1-2H3,(H,24,27). The van der Waals surface area contributed by atoms with Crippen LogP contribution in [0.2, 0.25) is 0 Å². The number of benzene rings is 2. The van der Waals surface area contributed by atoms with Gasteiger partial charge in [-0.2, -0.15) is 4.31 Å². The van der Waals surface area contributed by atoms with Gasteiger partial charge in [0, 0.05) is 57.0 Å². The first-order valence-electron chi connectivity index (χ1n) is 11.0. The number of hydrogen-bond donors (Lipinski definition) is 1. The zero-order chi connectivity index (χ0) is 24.1. The molecule has 0 atom stereocenters. The Balaban J connectivity index is 1.27. The van der Waals surface area contributed by atoms with Crippen molar-refractivity contribution in [1.82, 2.24) is 9.21 Å². The molecule has 0 aromatic heterocycles. The fourth-order valence-corrected chi connectivity index (χ4v) is 5.36. The van der Waals surface area contributed by atoms with Gasteiger partial charge in [0.25, 0.3) is 0 Å². The number of carbonyl (C=O) groups is 1. The van der Waals surface area contributed by atoms with E-state index in [2.05, 4.69) is 10.2 Å². The van der Waals surface area contributed by atoms with E-state index in [4.69, 9.17) is 18.9 Å². The second kappa shape index (κ2) is 10.5. The first-order chi connectivity index (χ1) is 16.4. The second-order valence-electron chi connectivity index (χ2n) is 7.92. The van der Waals surface area contributed by atoms with Crippen LogP contribution in [0.4, 0.5) is 5.69 Å². The topological polar surface area (TPSA) is 107 Å². The summed E-state index contributed by atoms with van der Waals surface area (Å²) in [7, 11) is -0.682. The lowest BCUT2D eigenvalue weighted by molar-refractivity contribution is -0.116. The molecular formula is C23H29N3O7S. The van der Waals surface area contributed by atoms with Crippen molar-refractivity contribution in [3.8, 4) is 23.0 Å². The first kappa shape index (κ1) is 24.1. The average Bonchev–Trinajstić information content (AvgIpc) is 2.87. The second-order valence-corrected chi connectivity index (χ2v) is 9.86. The number of nitrogens with one attached hydrogen (secondary N) is 1. The molecule has 1 N–H and O–H groups in total. The highest BCUT2D eigenvalue weighted by Crippen LogP contribution is 2.33. The molecule has 184 valence electrons. The predicted molar refractivity (Wildman–Crippen MR) is 125 cm³/mol. The summed E-state index contributed by atoms with van der Waals surface area (Å²) in [6.07, 6.45) is 0.302. The predicted octanol–water partition coefficient (Wildman–Crippen LogP) is 1.81. The van der Waals surface area contributed by atoms with E-state index in [1.54, 1.807) is 24.3 Å². The van der Waals surface area contributed by atoms with E-state index >= 15 is 0 Å². The summed E-state index contributed by atoms with van der Waals surface area (Å²) in [5.74, 6) is 2.02. The zero-order valence-corrected chi connectivity index (χ0v) is 20.1. The van der Waals surface area contributed by atoms with Crippen LogP contribution in [-0.2, 0) is 14.8 Å². The summed E-state index contributed by atoms with van der Waals surface area (Å²) in [6.45, 7) is 3.33. The molecule has 0 aliphatic carbocycles. The normalized spacial score (nSPS) is 16.6. The van der Waals surface area contributed by atoms with Crippen molar-refractivity contribution in [2.75, 3.05) is 65.5 Å². The number of rotatable bonds is 8. The van der Waals surface area contributed by atoms with Crippen LogP contribution in [-0.4, -0.2) is 83.7 Å². The Morgan fingerprint density at radius 1 is 0.941 bits per heavy atom. The number of nitrogens with zero attached hydrogens (tertiary/aromatic N) is 2. The molecule has 2 aromatic carbocycles. The highest BCUT2D eigenvalue weighted by Gasteiger charge is 2.29. The van der Waals surface area contributed by atoms with Crippen LogP contribution in [0.25, 0.3) is 0 Å². The summed E-state index contributed by atoms with van der Waals surface area (Å²) in [4.78, 5) is 14.7. The molecule has 2 aliphatic heterocycles. The zero-order valence-electron chi connectivity index (χ0n) is 19.3. The number of fused-ring (bicyclic) bond motifs is 1. The fourth-order valence-electron chi connectivity index (χ4n) is 3.92. The number of amides is 1. The van der Waals surface area contributed by atoms with Crippen molar-refractivity contribution >= 4 is 21.6 Å². The van der Waals surface area contributed by atoms with Crippen molar-refractivity contribution in [2.24, 2.45) is 0 Å². The molecular weight excluding hydrogens is 462 g/mol. The van der Waals surface area contributed by atoms with Crippen LogP contribution < -0.4 is 24.3 Å². The van der Waals surface area contributed by atoms with Crippen LogP contribution in [0.15, 0.2) is 41.3 Å². The minimum atomic E-state index is -3.65. The number of carbonyl (C=O) groups excluding carboxylic acids is 1. The third-order valence-corrected chi connectivity index (χ3v) is 7.70. The van der Waals surface area contributed by atoms with E-state index in [1.165, 1.54) is 30.7 Å². The quantitative estimate of drug-likeness (QED) is 0.596. The van der Waals surface area contributed by atoms with Gasteiger partial charge in [-0.3, -0.25) is 4.79 Å². The summed E-state index contributed by atoms with van der Waals surface area (Å²) in [5.41, 5.74) is 0.653. The molecule has 1 amide bonds. The number of sulfonamides is 1. The van der Waals surface area contributed by atoms with Gasteiger partial charge in [0.1, 0.15) is 13.2 Å². The van der Waals surface area contributed by atoms with Gasteiger partial charge in [-0.15, -0.1) is 0 Å². The molecule has 2 aliphatic rings. The van der Waals surface area contributed by atoms with Crippen LogP contribution in [0, 0.1) is 0 Å². The van der Waals surface area contributed by atoms with Gasteiger partial charge in [-0.05, 0) is 24.3 Å². The molecule has 0 spiro atoms. The lowest BCUT2D eigenvalue weighted by Crippen LogP contribution is -2.49. The molecule has 0 radical (unpaired) electrons. The maximum absolute atomic E-state index is 13.1. The molecule has 0 unspecified atom stereocenters.